The molecule has 20 heavy (non-hydrogen) atoms. The number of halogens is 4. The Morgan fingerprint density at radius 2 is 0.750 bits per heavy atom. The van der Waals surface area contributed by atoms with Crippen molar-refractivity contribution in [3.63, 3.8) is 0 Å². The van der Waals surface area contributed by atoms with E-state index in [2.05, 4.69) is 0 Å². The monoisotopic (exact) mass is 410 g/mol. The van der Waals surface area contributed by atoms with Crippen LogP contribution in [-0.2, 0) is 27.2 Å². The van der Waals surface area contributed by atoms with E-state index in [4.69, 9.17) is 64.5 Å². The Hall–Kier alpha value is 1.46. The molecule has 0 heterocycles. The molecule has 0 atom stereocenters. The Morgan fingerprint density at radius 3 is 0.900 bits per heavy atom. The summed E-state index contributed by atoms with van der Waals surface area (Å²) in [4.78, 5) is 0. The van der Waals surface area contributed by atoms with E-state index in [1.54, 1.807) is 0 Å². The lowest BCUT2D eigenvalue weighted by atomic mass is 10.9. The van der Waals surface area contributed by atoms with Crippen LogP contribution in [0.2, 0.25) is 0 Å². The van der Waals surface area contributed by atoms with E-state index in [1.807, 2.05) is 0 Å². The third-order valence-electron chi connectivity index (χ3n) is 1.63. The summed E-state index contributed by atoms with van der Waals surface area (Å²) in [5.41, 5.74) is 0. The topological polar surface area (TPSA) is 71.1 Å². The highest BCUT2D eigenvalue weighted by molar-refractivity contribution is 8.27. The van der Waals surface area contributed by atoms with Crippen molar-refractivity contribution in [2.75, 3.05) is 49.9 Å². The fourth-order valence-electron chi connectivity index (χ4n) is 0.957. The fourth-order valence-corrected chi connectivity index (χ4v) is 6.38. The smallest absolute Gasteiger partial charge is 0.299 e. The summed E-state index contributed by atoms with van der Waals surface area (Å²) in [5.74, 6) is 0.108. The molecule has 122 valence electrons. The van der Waals surface area contributed by atoms with E-state index < -0.39 is 14.6 Å². The van der Waals surface area contributed by atoms with Gasteiger partial charge in [0.1, 0.15) is 0 Å². The van der Waals surface area contributed by atoms with E-state index in [9.17, 15) is 9.13 Å². The summed E-state index contributed by atoms with van der Waals surface area (Å²) < 4.78 is 45.1. The van der Waals surface area contributed by atoms with Gasteiger partial charge in [-0.2, -0.15) is 0 Å². The standard InChI is InChI=1S/C8H16Cl4O6P2/c9-1-5-15-19(13,16-6-2-10)20(14,17-7-3-11)18-8-4-12/h1-8H2. The highest BCUT2D eigenvalue weighted by Crippen LogP contribution is 2.83. The largest absolute Gasteiger partial charge is 0.441 e. The number of hydrogen-bond acceptors (Lipinski definition) is 6. The van der Waals surface area contributed by atoms with Crippen molar-refractivity contribution < 1.29 is 27.2 Å². The number of hydrogen-bond donors (Lipinski definition) is 0. The Balaban J connectivity index is 5.14. The van der Waals surface area contributed by atoms with Gasteiger partial charge in [-0.3, -0.25) is 18.1 Å². The Kier molecular flexibility index (Phi) is 12.8. The second-order valence-corrected chi connectivity index (χ2v) is 10.4. The first kappa shape index (κ1) is 21.5. The summed E-state index contributed by atoms with van der Waals surface area (Å²) in [7, 11) is -8.42. The zero-order valence-electron chi connectivity index (χ0n) is 10.5. The highest BCUT2D eigenvalue weighted by Gasteiger charge is 2.51. The van der Waals surface area contributed by atoms with Gasteiger partial charge in [-0.05, 0) is 0 Å². The molecule has 0 fully saturated rings. The summed E-state index contributed by atoms with van der Waals surface area (Å²) >= 11 is 21.8. The van der Waals surface area contributed by atoms with Crippen LogP contribution >= 0.6 is 61.0 Å². The second-order valence-electron chi connectivity index (χ2n) is 3.03. The molecule has 12 heteroatoms. The first-order valence-electron chi connectivity index (χ1n) is 5.52. The van der Waals surface area contributed by atoms with Crippen LogP contribution in [0.15, 0.2) is 0 Å². The third kappa shape index (κ3) is 7.15. The van der Waals surface area contributed by atoms with Gasteiger partial charge in [0.05, 0.1) is 26.4 Å². The maximum atomic E-state index is 12.6. The highest BCUT2D eigenvalue weighted by atomic mass is 35.5. The van der Waals surface area contributed by atoms with Gasteiger partial charge in [-0.25, -0.2) is 9.13 Å². The van der Waals surface area contributed by atoms with Crippen molar-refractivity contribution in [2.24, 2.45) is 0 Å². The molecule has 6 nitrogen and oxygen atoms in total. The van der Waals surface area contributed by atoms with Crippen LogP contribution in [0.1, 0.15) is 0 Å². The summed E-state index contributed by atoms with van der Waals surface area (Å²) in [6.45, 7) is -0.613. The van der Waals surface area contributed by atoms with Crippen LogP contribution in [-0.4, -0.2) is 49.9 Å². The van der Waals surface area contributed by atoms with Gasteiger partial charge in [0.25, 0.3) is 0 Å². The first-order valence-corrected chi connectivity index (χ1v) is 11.4. The molecule has 0 aliphatic carbocycles. The predicted octanol–water partition coefficient (Wildman–Crippen LogP) is 4.31. The zero-order valence-corrected chi connectivity index (χ0v) is 15.3. The van der Waals surface area contributed by atoms with E-state index >= 15 is 0 Å². The lowest BCUT2D eigenvalue weighted by Crippen LogP contribution is -2.08. The van der Waals surface area contributed by atoms with Gasteiger partial charge in [0.2, 0.25) is 0 Å². The molecule has 0 aliphatic rings. The van der Waals surface area contributed by atoms with Crippen molar-refractivity contribution in [2.45, 2.75) is 0 Å². The molecule has 0 aromatic carbocycles. The molecule has 0 aromatic rings. The predicted molar refractivity (Wildman–Crippen MR) is 81.9 cm³/mol. The van der Waals surface area contributed by atoms with Crippen LogP contribution in [0.3, 0.4) is 0 Å². The molecule has 0 radical (unpaired) electrons. The summed E-state index contributed by atoms with van der Waals surface area (Å²) in [6, 6.07) is 0. The molecule has 0 rings (SSSR count). The molecule has 0 saturated carbocycles. The van der Waals surface area contributed by atoms with E-state index in [0.29, 0.717) is 0 Å². The van der Waals surface area contributed by atoms with E-state index in [-0.39, 0.29) is 49.9 Å². The molecule has 0 aliphatic heterocycles. The zero-order chi connectivity index (χ0) is 15.5. The molecular weight excluding hydrogens is 396 g/mol. The Bertz CT molecular complexity index is 289. The average molecular weight is 412 g/mol. The first-order chi connectivity index (χ1) is 9.49. The van der Waals surface area contributed by atoms with Gasteiger partial charge < -0.3 is 0 Å². The van der Waals surface area contributed by atoms with Crippen LogP contribution in [0.25, 0.3) is 0 Å². The van der Waals surface area contributed by atoms with Crippen molar-refractivity contribution in [3.05, 3.63) is 0 Å². The Morgan fingerprint density at radius 1 is 0.550 bits per heavy atom. The van der Waals surface area contributed by atoms with Crippen LogP contribution in [0.5, 0.6) is 0 Å². The Labute approximate surface area is 138 Å². The van der Waals surface area contributed by atoms with Crippen LogP contribution < -0.4 is 0 Å². The van der Waals surface area contributed by atoms with Gasteiger partial charge in [-0.15, -0.1) is 46.4 Å². The molecule has 0 bridgehead atoms. The maximum absolute atomic E-state index is 12.6. The molecule has 0 N–H and O–H groups in total. The van der Waals surface area contributed by atoms with Gasteiger partial charge in [0.15, 0.2) is 0 Å². The van der Waals surface area contributed by atoms with Gasteiger partial charge in [-0.1, -0.05) is 0 Å². The fraction of sp³-hybridized carbons (Fsp3) is 1.00. The van der Waals surface area contributed by atoms with Gasteiger partial charge >= 0.3 is 14.6 Å². The quantitative estimate of drug-likeness (QED) is 0.332. The second kappa shape index (κ2) is 12.0. The maximum Gasteiger partial charge on any atom is 0.441 e. The van der Waals surface area contributed by atoms with E-state index in [0.717, 1.165) is 0 Å². The van der Waals surface area contributed by atoms with Crippen molar-refractivity contribution >= 4 is 61.0 Å². The number of rotatable bonds is 13. The number of alkyl halides is 4. The van der Waals surface area contributed by atoms with Crippen molar-refractivity contribution in [3.8, 4) is 0 Å². The minimum atomic E-state index is -4.21. The minimum Gasteiger partial charge on any atom is -0.299 e. The van der Waals surface area contributed by atoms with Gasteiger partial charge in [0, 0.05) is 23.5 Å². The molecule has 0 unspecified atom stereocenters. The molecule has 0 saturated heterocycles. The van der Waals surface area contributed by atoms with Crippen LogP contribution in [0.4, 0.5) is 0 Å². The summed E-state index contributed by atoms with van der Waals surface area (Å²) in [6.07, 6.45) is 0. The lowest BCUT2D eigenvalue weighted by molar-refractivity contribution is 0.194. The minimum absolute atomic E-state index is 0.0270. The molecule has 0 aromatic heterocycles. The summed E-state index contributed by atoms with van der Waals surface area (Å²) in [5, 5.41) is 0. The van der Waals surface area contributed by atoms with Crippen molar-refractivity contribution in [1.82, 2.24) is 0 Å². The van der Waals surface area contributed by atoms with E-state index in [1.165, 1.54) is 0 Å². The molecular formula is C8H16Cl4O6P2. The SMILES string of the molecule is O=P(OCCCl)(OCCCl)P(=O)(OCCCl)OCCCl. The third-order valence-corrected chi connectivity index (χ3v) is 8.06. The molecule has 0 spiro atoms. The molecule has 0 amide bonds. The normalized spacial score (nSPS) is 12.8. The van der Waals surface area contributed by atoms with Crippen molar-refractivity contribution in [1.29, 1.82) is 0 Å². The lowest BCUT2D eigenvalue weighted by Gasteiger charge is -2.25. The average Bonchev–Trinajstić information content (AvgIpc) is 2.46. The van der Waals surface area contributed by atoms with Crippen LogP contribution in [0, 0.1) is 0 Å².